The summed E-state index contributed by atoms with van der Waals surface area (Å²) >= 11 is 4.23. The molecule has 130 valence electrons. The smallest absolute Gasteiger partial charge is 0.394 e. The Labute approximate surface area is 133 Å². The molecule has 0 bridgehead atoms. The summed E-state index contributed by atoms with van der Waals surface area (Å²) in [7, 11) is 0. The maximum atomic E-state index is 12.3. The number of aryl methyl sites for hydroxylation is 1. The van der Waals surface area contributed by atoms with Crippen molar-refractivity contribution in [3.8, 4) is 0 Å². The zero-order valence-corrected chi connectivity index (χ0v) is 13.4. The molecule has 0 radical (unpaired) electrons. The first kappa shape index (κ1) is 18.2. The van der Waals surface area contributed by atoms with Crippen LogP contribution in [0.15, 0.2) is 15.8 Å². The molecule has 0 aromatic carbocycles. The average molecular weight is 370 g/mol. The number of aliphatic hydroxyl groups excluding tert-OH is 3. The Morgan fingerprint density at radius 2 is 1.96 bits per heavy atom. The summed E-state index contributed by atoms with van der Waals surface area (Å²) in [5.74, 6) is 0. The molecule has 0 saturated carbocycles. The van der Waals surface area contributed by atoms with Gasteiger partial charge in [0.05, 0.1) is 6.61 Å². The molecule has 1 fully saturated rings. The van der Waals surface area contributed by atoms with E-state index >= 15 is 0 Å². The summed E-state index contributed by atoms with van der Waals surface area (Å²) < 4.78 is 10.4. The summed E-state index contributed by atoms with van der Waals surface area (Å²) in [5, 5.41) is 28.7. The number of rotatable bonds is 4. The number of hydrogen-bond donors (Lipinski definition) is 5. The van der Waals surface area contributed by atoms with Gasteiger partial charge < -0.3 is 34.5 Å². The van der Waals surface area contributed by atoms with E-state index in [0.29, 0.717) is 0 Å². The fraction of sp³-hybridized carbons (Fsp3) is 0.600. The monoisotopic (exact) mass is 370 g/mol. The summed E-state index contributed by atoms with van der Waals surface area (Å²) in [4.78, 5) is 42.4. The van der Waals surface area contributed by atoms with Crippen molar-refractivity contribution in [2.24, 2.45) is 0 Å². The van der Waals surface area contributed by atoms with E-state index < -0.39 is 49.1 Å². The Hall–Kier alpha value is -1.11. The Balaban J connectivity index is 2.55. The molecule has 1 saturated heterocycles. The highest BCUT2D eigenvalue weighted by molar-refractivity contribution is 8.06. The van der Waals surface area contributed by atoms with E-state index in [9.17, 15) is 19.8 Å². The first-order valence-electron chi connectivity index (χ1n) is 6.29. The zero-order chi connectivity index (χ0) is 17.5. The van der Waals surface area contributed by atoms with Gasteiger partial charge in [-0.05, 0) is 6.92 Å². The van der Waals surface area contributed by atoms with Gasteiger partial charge in [-0.3, -0.25) is 9.36 Å². The van der Waals surface area contributed by atoms with Gasteiger partial charge >= 0.3 is 12.4 Å². The van der Waals surface area contributed by atoms with Crippen molar-refractivity contribution in [2.75, 3.05) is 6.61 Å². The molecule has 1 aliphatic rings. The molecular weight excluding hydrogens is 355 g/mol. The third kappa shape index (κ3) is 3.54. The predicted molar refractivity (Wildman–Crippen MR) is 78.0 cm³/mol. The fourth-order valence-corrected chi connectivity index (χ4v) is 2.70. The van der Waals surface area contributed by atoms with Crippen LogP contribution in [0.3, 0.4) is 0 Å². The minimum atomic E-state index is -4.37. The van der Waals surface area contributed by atoms with Crippen molar-refractivity contribution in [1.29, 1.82) is 0 Å². The average Bonchev–Trinajstić information content (AvgIpc) is 2.74. The molecule has 2 unspecified atom stereocenters. The Bertz CT molecular complexity index is 756. The molecule has 0 spiro atoms. The first-order valence-corrected chi connectivity index (χ1v) is 8.92. The van der Waals surface area contributed by atoms with Crippen LogP contribution < -0.4 is 15.9 Å². The highest BCUT2D eigenvalue weighted by Crippen LogP contribution is 2.31. The summed E-state index contributed by atoms with van der Waals surface area (Å²) in [5.41, 5.74) is -2.23. The molecule has 1 aromatic rings. The van der Waals surface area contributed by atoms with E-state index in [0.717, 1.165) is 10.8 Å². The topological polar surface area (TPSA) is 164 Å². The first-order chi connectivity index (χ1) is 10.6. The molecule has 1 aliphatic heterocycles. The van der Waals surface area contributed by atoms with E-state index in [1.807, 2.05) is 0 Å². The standard InChI is InChI=1S/C10H15N2O9PS/c1-4-2-11(9-7(15)6(14)5(3-13)20-9)10(17)12(8(4)16)21-22(18,19)23/h2,5-7,9,13-15H,3H2,1H3,(H2,18,19,23)/t5-,6?,7?,9-/m1/s1. The summed E-state index contributed by atoms with van der Waals surface area (Å²) in [6.45, 7) is -3.67. The zero-order valence-electron chi connectivity index (χ0n) is 11.7. The molecule has 13 heteroatoms. The second-order valence-electron chi connectivity index (χ2n) is 4.90. The van der Waals surface area contributed by atoms with Gasteiger partial charge in [-0.2, -0.15) is 0 Å². The highest BCUT2D eigenvalue weighted by atomic mass is 32.5. The van der Waals surface area contributed by atoms with Crippen molar-refractivity contribution in [2.45, 2.75) is 31.5 Å². The van der Waals surface area contributed by atoms with Gasteiger partial charge in [-0.25, -0.2) is 4.79 Å². The second kappa shape index (κ2) is 6.42. The van der Waals surface area contributed by atoms with E-state index in [1.165, 1.54) is 6.92 Å². The van der Waals surface area contributed by atoms with Crippen LogP contribution in [0, 0.1) is 6.92 Å². The Kier molecular flexibility index (Phi) is 5.09. The van der Waals surface area contributed by atoms with Crippen LogP contribution in [0.5, 0.6) is 0 Å². The Morgan fingerprint density at radius 3 is 2.43 bits per heavy atom. The molecule has 2 rings (SSSR count). The molecule has 0 amide bonds. The van der Waals surface area contributed by atoms with E-state index in [-0.39, 0.29) is 10.3 Å². The highest BCUT2D eigenvalue weighted by Gasteiger charge is 2.44. The lowest BCUT2D eigenvalue weighted by molar-refractivity contribution is -0.0570. The van der Waals surface area contributed by atoms with E-state index in [4.69, 9.17) is 19.6 Å². The van der Waals surface area contributed by atoms with Gasteiger partial charge in [-0.1, -0.05) is 4.73 Å². The molecular formula is C10H15N2O9PS. The van der Waals surface area contributed by atoms with Crippen LogP contribution in [0.1, 0.15) is 11.8 Å². The maximum absolute atomic E-state index is 12.3. The molecule has 23 heavy (non-hydrogen) atoms. The van der Waals surface area contributed by atoms with Crippen molar-refractivity contribution in [1.82, 2.24) is 9.30 Å². The van der Waals surface area contributed by atoms with Crippen LogP contribution in [-0.2, 0) is 16.5 Å². The van der Waals surface area contributed by atoms with Crippen LogP contribution in [0.4, 0.5) is 0 Å². The molecule has 0 aliphatic carbocycles. The van der Waals surface area contributed by atoms with Gasteiger partial charge in [0.15, 0.2) is 6.23 Å². The van der Waals surface area contributed by atoms with Crippen molar-refractivity contribution >= 4 is 18.5 Å². The predicted octanol–water partition coefficient (Wildman–Crippen LogP) is -3.43. The number of hydrogen-bond acceptors (Lipinski definition) is 8. The van der Waals surface area contributed by atoms with Gasteiger partial charge in [0.25, 0.3) is 5.56 Å². The maximum Gasteiger partial charge on any atom is 0.395 e. The molecule has 5 N–H and O–H groups in total. The lowest BCUT2D eigenvalue weighted by Gasteiger charge is -2.20. The number of aliphatic hydroxyl groups is 3. The third-order valence-corrected chi connectivity index (χ3v) is 3.80. The third-order valence-electron chi connectivity index (χ3n) is 3.23. The largest absolute Gasteiger partial charge is 0.395 e. The summed E-state index contributed by atoms with van der Waals surface area (Å²) in [6.07, 6.45) is -4.53. The minimum Gasteiger partial charge on any atom is -0.394 e. The lowest BCUT2D eigenvalue weighted by atomic mass is 10.1. The van der Waals surface area contributed by atoms with Crippen LogP contribution in [0.2, 0.25) is 0 Å². The van der Waals surface area contributed by atoms with Gasteiger partial charge in [0.1, 0.15) is 18.3 Å². The van der Waals surface area contributed by atoms with Crippen LogP contribution in [0.25, 0.3) is 0 Å². The van der Waals surface area contributed by atoms with Gasteiger partial charge in [0.2, 0.25) is 0 Å². The number of nitrogens with zero attached hydrogens (tertiary/aromatic N) is 2. The van der Waals surface area contributed by atoms with Crippen molar-refractivity contribution in [3.63, 3.8) is 0 Å². The van der Waals surface area contributed by atoms with Crippen molar-refractivity contribution in [3.05, 3.63) is 32.6 Å². The molecule has 4 atom stereocenters. The molecule has 11 nitrogen and oxygen atoms in total. The Morgan fingerprint density at radius 1 is 1.35 bits per heavy atom. The molecule has 2 heterocycles. The van der Waals surface area contributed by atoms with E-state index in [1.54, 1.807) is 0 Å². The van der Waals surface area contributed by atoms with Gasteiger partial charge in [-0.15, -0.1) is 0 Å². The quantitative estimate of drug-likeness (QED) is 0.337. The van der Waals surface area contributed by atoms with Crippen LogP contribution in [-0.4, -0.2) is 59.3 Å². The SMILES string of the molecule is Cc1cn([C@@H]2O[C@H](CO)C(O)C2O)c(=O)n(OP(O)(O)=S)c1=O. The van der Waals surface area contributed by atoms with Crippen molar-refractivity contribution < 1.29 is 34.5 Å². The number of ether oxygens (including phenoxy) is 1. The number of aromatic nitrogens is 2. The van der Waals surface area contributed by atoms with Crippen LogP contribution >= 0.6 is 6.72 Å². The van der Waals surface area contributed by atoms with E-state index in [2.05, 4.69) is 16.4 Å². The lowest BCUT2D eigenvalue weighted by Crippen LogP contribution is -2.46. The minimum absolute atomic E-state index is 0.0465. The van der Waals surface area contributed by atoms with Gasteiger partial charge in [0, 0.05) is 23.6 Å². The normalized spacial score (nSPS) is 28.1. The molecule has 1 aromatic heterocycles. The summed E-state index contributed by atoms with van der Waals surface area (Å²) in [6, 6.07) is 0. The fourth-order valence-electron chi connectivity index (χ4n) is 2.14. The second-order valence-corrected chi connectivity index (χ2v) is 7.47.